The summed E-state index contributed by atoms with van der Waals surface area (Å²) in [5.41, 5.74) is 8.59. The molecule has 0 amide bonds. The third-order valence-corrected chi connectivity index (χ3v) is 5.90. The monoisotopic (exact) mass is 331 g/mol. The van der Waals surface area contributed by atoms with Crippen LogP contribution in [0.3, 0.4) is 0 Å². The third kappa shape index (κ3) is 3.35. The Labute approximate surface area is 140 Å². The van der Waals surface area contributed by atoms with Crippen LogP contribution in [0, 0.1) is 0 Å². The van der Waals surface area contributed by atoms with Gasteiger partial charge in [-0.3, -0.25) is 9.59 Å². The van der Waals surface area contributed by atoms with Crippen molar-refractivity contribution in [3.8, 4) is 5.75 Å². The molecule has 1 fully saturated rings. The highest BCUT2D eigenvalue weighted by atomic mass is 32.2. The Kier molecular flexibility index (Phi) is 4.87. The largest absolute Gasteiger partial charge is 0.497 e. The second-order valence-electron chi connectivity index (χ2n) is 5.98. The van der Waals surface area contributed by atoms with Crippen LogP contribution in [0.4, 0.5) is 0 Å². The fraction of sp³-hybridized carbons (Fsp3) is 0.444. The highest BCUT2D eigenvalue weighted by molar-refractivity contribution is 8.01. The van der Waals surface area contributed by atoms with Gasteiger partial charge in [0.1, 0.15) is 5.75 Å². The van der Waals surface area contributed by atoms with Gasteiger partial charge in [-0.2, -0.15) is 0 Å². The molecule has 3 rings (SSSR count). The first-order chi connectivity index (χ1) is 11.1. The quantitative estimate of drug-likeness (QED) is 0.663. The van der Waals surface area contributed by atoms with Gasteiger partial charge in [-0.05, 0) is 49.1 Å². The normalized spacial score (nSPS) is 23.6. The van der Waals surface area contributed by atoms with Gasteiger partial charge in [0.05, 0.1) is 18.9 Å². The van der Waals surface area contributed by atoms with Gasteiger partial charge < -0.3 is 10.5 Å². The zero-order valence-corrected chi connectivity index (χ0v) is 14.0. The van der Waals surface area contributed by atoms with E-state index in [0.717, 1.165) is 19.3 Å². The number of ketones is 2. The van der Waals surface area contributed by atoms with Gasteiger partial charge in [-0.25, -0.2) is 0 Å². The minimum atomic E-state index is -0.274. The number of hydrogen-bond donors (Lipinski definition) is 1. The van der Waals surface area contributed by atoms with Gasteiger partial charge in [0.25, 0.3) is 0 Å². The summed E-state index contributed by atoms with van der Waals surface area (Å²) < 4.78 is 5.08. The van der Waals surface area contributed by atoms with Crippen LogP contribution in [0.1, 0.15) is 42.5 Å². The van der Waals surface area contributed by atoms with Crippen LogP contribution in [0.25, 0.3) is 0 Å². The van der Waals surface area contributed by atoms with E-state index in [0.29, 0.717) is 22.1 Å². The molecule has 2 unspecified atom stereocenters. The van der Waals surface area contributed by atoms with Crippen molar-refractivity contribution in [3.05, 3.63) is 41.0 Å². The molecule has 2 aliphatic rings. The number of carbonyl (C=O) groups excluding carboxylic acids is 2. The van der Waals surface area contributed by atoms with E-state index in [1.54, 1.807) is 43.1 Å². The molecule has 4 nitrogen and oxygen atoms in total. The molecular formula is C18H21NO3S. The SMILES string of the molecule is COc1ccc(C(=O)CC(=O)C2=C3CCCCC3SC2N)cc1. The summed E-state index contributed by atoms with van der Waals surface area (Å²) in [5, 5.41) is 0.109. The number of fused-ring (bicyclic) bond motifs is 1. The minimum absolute atomic E-state index is 0.105. The molecule has 1 aliphatic heterocycles. The Hall–Kier alpha value is -1.59. The van der Waals surface area contributed by atoms with Crippen molar-refractivity contribution in [2.45, 2.75) is 42.7 Å². The Bertz CT molecular complexity index is 651. The number of carbonyl (C=O) groups is 2. The third-order valence-electron chi connectivity index (χ3n) is 4.53. The number of thioether (sulfide) groups is 1. The Morgan fingerprint density at radius 3 is 2.65 bits per heavy atom. The van der Waals surface area contributed by atoms with E-state index in [1.165, 1.54) is 12.0 Å². The summed E-state index contributed by atoms with van der Waals surface area (Å²) in [6.45, 7) is 0. The minimum Gasteiger partial charge on any atom is -0.497 e. The van der Waals surface area contributed by atoms with Crippen molar-refractivity contribution in [1.82, 2.24) is 0 Å². The van der Waals surface area contributed by atoms with Crippen molar-refractivity contribution in [2.24, 2.45) is 5.73 Å². The van der Waals surface area contributed by atoms with Crippen molar-refractivity contribution < 1.29 is 14.3 Å². The molecule has 2 N–H and O–H groups in total. The number of hydrogen-bond acceptors (Lipinski definition) is 5. The van der Waals surface area contributed by atoms with E-state index in [4.69, 9.17) is 10.5 Å². The highest BCUT2D eigenvalue weighted by Gasteiger charge is 2.37. The fourth-order valence-electron chi connectivity index (χ4n) is 3.32. The fourth-order valence-corrected chi connectivity index (χ4v) is 4.81. The molecule has 0 bridgehead atoms. The maximum Gasteiger partial charge on any atom is 0.170 e. The van der Waals surface area contributed by atoms with E-state index in [-0.39, 0.29) is 23.4 Å². The maximum absolute atomic E-state index is 12.6. The van der Waals surface area contributed by atoms with Gasteiger partial charge in [0.2, 0.25) is 0 Å². The van der Waals surface area contributed by atoms with Crippen LogP contribution in [-0.2, 0) is 4.79 Å². The predicted octanol–water partition coefficient (Wildman–Crippen LogP) is 3.11. The van der Waals surface area contributed by atoms with Crippen LogP contribution >= 0.6 is 11.8 Å². The average Bonchev–Trinajstić information content (AvgIpc) is 2.90. The van der Waals surface area contributed by atoms with E-state index in [1.807, 2.05) is 0 Å². The second kappa shape index (κ2) is 6.89. The Morgan fingerprint density at radius 1 is 1.22 bits per heavy atom. The first-order valence-electron chi connectivity index (χ1n) is 7.94. The average molecular weight is 331 g/mol. The lowest BCUT2D eigenvalue weighted by molar-refractivity contribution is -0.114. The first kappa shape index (κ1) is 16.3. The van der Waals surface area contributed by atoms with Crippen LogP contribution in [0.2, 0.25) is 0 Å². The highest BCUT2D eigenvalue weighted by Crippen LogP contribution is 2.44. The molecule has 1 heterocycles. The molecule has 0 spiro atoms. The second-order valence-corrected chi connectivity index (χ2v) is 7.33. The summed E-state index contributed by atoms with van der Waals surface area (Å²) in [7, 11) is 1.58. The summed E-state index contributed by atoms with van der Waals surface area (Å²) in [4.78, 5) is 25.0. The molecule has 1 aromatic carbocycles. The molecule has 5 heteroatoms. The van der Waals surface area contributed by atoms with Crippen LogP contribution in [0.15, 0.2) is 35.4 Å². The summed E-state index contributed by atoms with van der Waals surface area (Å²) in [6, 6.07) is 6.85. The first-order valence-corrected chi connectivity index (χ1v) is 8.89. The van der Waals surface area contributed by atoms with Gasteiger partial charge in [-0.15, -0.1) is 11.8 Å². The molecule has 0 saturated heterocycles. The number of methoxy groups -OCH3 is 1. The molecule has 0 radical (unpaired) electrons. The van der Waals surface area contributed by atoms with Crippen LogP contribution in [0.5, 0.6) is 5.75 Å². The van der Waals surface area contributed by atoms with Gasteiger partial charge in [0, 0.05) is 16.4 Å². The molecule has 1 saturated carbocycles. The standard InChI is InChI=1S/C18H21NO3S/c1-22-12-8-6-11(7-9-12)14(20)10-15(21)17-13-4-2-3-5-16(13)23-18(17)19/h6-9,16,18H,2-5,10,19H2,1H3. The number of nitrogens with two attached hydrogens (primary N) is 1. The van der Waals surface area contributed by atoms with Gasteiger partial charge in [0.15, 0.2) is 11.6 Å². The smallest absolute Gasteiger partial charge is 0.170 e. The van der Waals surface area contributed by atoms with E-state index >= 15 is 0 Å². The maximum atomic E-state index is 12.6. The molecule has 23 heavy (non-hydrogen) atoms. The van der Waals surface area contributed by atoms with Crippen molar-refractivity contribution >= 4 is 23.3 Å². The van der Waals surface area contributed by atoms with Crippen LogP contribution in [-0.4, -0.2) is 29.3 Å². The van der Waals surface area contributed by atoms with Crippen molar-refractivity contribution in [3.63, 3.8) is 0 Å². The summed E-state index contributed by atoms with van der Waals surface area (Å²) in [6.07, 6.45) is 4.24. The lowest BCUT2D eigenvalue weighted by Gasteiger charge is -2.19. The zero-order chi connectivity index (χ0) is 16.4. The van der Waals surface area contributed by atoms with Crippen molar-refractivity contribution in [1.29, 1.82) is 0 Å². The Balaban J connectivity index is 1.74. The Morgan fingerprint density at radius 2 is 1.96 bits per heavy atom. The molecule has 122 valence electrons. The van der Waals surface area contributed by atoms with Crippen LogP contribution < -0.4 is 10.5 Å². The van der Waals surface area contributed by atoms with Gasteiger partial charge in [-0.1, -0.05) is 6.42 Å². The molecule has 2 atom stereocenters. The van der Waals surface area contributed by atoms with E-state index < -0.39 is 0 Å². The molecular weight excluding hydrogens is 310 g/mol. The summed E-state index contributed by atoms with van der Waals surface area (Å²) >= 11 is 1.67. The number of ether oxygens (including phenoxy) is 1. The number of rotatable bonds is 5. The lowest BCUT2D eigenvalue weighted by Crippen LogP contribution is -2.23. The number of benzene rings is 1. The predicted molar refractivity (Wildman–Crippen MR) is 91.8 cm³/mol. The van der Waals surface area contributed by atoms with E-state index in [9.17, 15) is 9.59 Å². The summed E-state index contributed by atoms with van der Waals surface area (Å²) in [5.74, 6) is 0.421. The lowest BCUT2D eigenvalue weighted by atomic mass is 9.88. The zero-order valence-electron chi connectivity index (χ0n) is 13.2. The molecule has 1 aromatic rings. The van der Waals surface area contributed by atoms with E-state index in [2.05, 4.69) is 0 Å². The molecule has 1 aliphatic carbocycles. The number of Topliss-reactive ketones (excluding diaryl/α,β-unsaturated/α-hetero) is 2. The van der Waals surface area contributed by atoms with Gasteiger partial charge >= 0.3 is 0 Å². The topological polar surface area (TPSA) is 69.4 Å². The van der Waals surface area contributed by atoms with Crippen molar-refractivity contribution in [2.75, 3.05) is 7.11 Å². The molecule has 0 aromatic heterocycles.